The van der Waals surface area contributed by atoms with Gasteiger partial charge in [0.2, 0.25) is 0 Å². The van der Waals surface area contributed by atoms with Gasteiger partial charge >= 0.3 is 0 Å². The fraction of sp³-hybridized carbons (Fsp3) is 0.118. The molecule has 0 atom stereocenters. The zero-order valence-corrected chi connectivity index (χ0v) is 13.9. The number of hydrogen-bond donors (Lipinski definition) is 2. The van der Waals surface area contributed by atoms with Crippen LogP contribution in [0.2, 0.25) is 0 Å². The van der Waals surface area contributed by atoms with Crippen molar-refractivity contribution in [3.63, 3.8) is 0 Å². The van der Waals surface area contributed by atoms with E-state index in [0.717, 1.165) is 17.0 Å². The summed E-state index contributed by atoms with van der Waals surface area (Å²) in [6.45, 7) is 2.37. The summed E-state index contributed by atoms with van der Waals surface area (Å²) in [5.41, 5.74) is 1.65. The first-order chi connectivity index (χ1) is 11.5. The quantitative estimate of drug-likeness (QED) is 0.716. The molecule has 2 N–H and O–H groups in total. The van der Waals surface area contributed by atoms with Gasteiger partial charge in [0.1, 0.15) is 11.6 Å². The SMILES string of the molecule is Cc1cccc(S(=O)(=O)Nc2ccc(NCc3ccco3)cn2)c1. The Morgan fingerprint density at radius 2 is 2.00 bits per heavy atom. The Balaban J connectivity index is 1.67. The van der Waals surface area contributed by atoms with E-state index in [1.165, 1.54) is 0 Å². The van der Waals surface area contributed by atoms with E-state index in [-0.39, 0.29) is 10.7 Å². The molecule has 0 aliphatic rings. The second-order valence-corrected chi connectivity index (χ2v) is 6.97. The molecule has 0 saturated heterocycles. The monoisotopic (exact) mass is 343 g/mol. The summed E-state index contributed by atoms with van der Waals surface area (Å²) in [6, 6.07) is 13.8. The smallest absolute Gasteiger partial charge is 0.263 e. The van der Waals surface area contributed by atoms with Crippen LogP contribution < -0.4 is 10.0 Å². The fourth-order valence-electron chi connectivity index (χ4n) is 2.14. The molecule has 0 bridgehead atoms. The third-order valence-corrected chi connectivity index (χ3v) is 4.70. The number of hydrogen-bond acceptors (Lipinski definition) is 5. The lowest BCUT2D eigenvalue weighted by atomic mass is 10.2. The van der Waals surface area contributed by atoms with Crippen LogP contribution >= 0.6 is 0 Å². The van der Waals surface area contributed by atoms with Gasteiger partial charge in [-0.05, 0) is 48.9 Å². The number of aromatic nitrogens is 1. The molecule has 124 valence electrons. The second-order valence-electron chi connectivity index (χ2n) is 5.29. The highest BCUT2D eigenvalue weighted by atomic mass is 32.2. The molecule has 0 unspecified atom stereocenters. The van der Waals surface area contributed by atoms with Crippen LogP contribution in [0.5, 0.6) is 0 Å². The lowest BCUT2D eigenvalue weighted by molar-refractivity contribution is 0.518. The molecule has 0 aliphatic carbocycles. The molecule has 0 fully saturated rings. The van der Waals surface area contributed by atoms with E-state index in [2.05, 4.69) is 15.0 Å². The van der Waals surface area contributed by atoms with Crippen LogP contribution in [0.3, 0.4) is 0 Å². The predicted molar refractivity (Wildman–Crippen MR) is 92.3 cm³/mol. The normalized spacial score (nSPS) is 11.2. The number of sulfonamides is 1. The molecule has 0 amide bonds. The van der Waals surface area contributed by atoms with Crippen molar-refractivity contribution >= 4 is 21.5 Å². The minimum Gasteiger partial charge on any atom is -0.467 e. The first-order valence-electron chi connectivity index (χ1n) is 7.35. The number of pyridine rings is 1. The standard InChI is InChI=1S/C17H17N3O3S/c1-13-4-2-6-16(10-13)24(21,22)20-17-8-7-14(11-19-17)18-12-15-5-3-9-23-15/h2-11,18H,12H2,1H3,(H,19,20). The average Bonchev–Trinajstić information content (AvgIpc) is 3.07. The van der Waals surface area contributed by atoms with Crippen LogP contribution in [0.1, 0.15) is 11.3 Å². The maximum Gasteiger partial charge on any atom is 0.263 e. The lowest BCUT2D eigenvalue weighted by Crippen LogP contribution is -2.14. The van der Waals surface area contributed by atoms with Gasteiger partial charge in [0.05, 0.1) is 29.6 Å². The number of anilines is 2. The molecule has 6 nitrogen and oxygen atoms in total. The largest absolute Gasteiger partial charge is 0.467 e. The lowest BCUT2D eigenvalue weighted by Gasteiger charge is -2.09. The highest BCUT2D eigenvalue weighted by molar-refractivity contribution is 7.92. The van der Waals surface area contributed by atoms with Gasteiger partial charge in [-0.3, -0.25) is 4.72 Å². The first kappa shape index (κ1) is 16.1. The van der Waals surface area contributed by atoms with E-state index in [4.69, 9.17) is 4.42 Å². The summed E-state index contributed by atoms with van der Waals surface area (Å²) >= 11 is 0. The highest BCUT2D eigenvalue weighted by Gasteiger charge is 2.14. The highest BCUT2D eigenvalue weighted by Crippen LogP contribution is 2.17. The fourth-order valence-corrected chi connectivity index (χ4v) is 3.25. The van der Waals surface area contributed by atoms with Crippen LogP contribution in [0, 0.1) is 6.92 Å². The van der Waals surface area contributed by atoms with Gasteiger partial charge in [0.25, 0.3) is 10.0 Å². The summed E-state index contributed by atoms with van der Waals surface area (Å²) < 4.78 is 32.4. The van der Waals surface area contributed by atoms with Gasteiger partial charge in [-0.15, -0.1) is 0 Å². The van der Waals surface area contributed by atoms with E-state index in [9.17, 15) is 8.42 Å². The molecule has 2 aromatic heterocycles. The minimum absolute atomic E-state index is 0.212. The van der Waals surface area contributed by atoms with Crippen molar-refractivity contribution in [3.8, 4) is 0 Å². The van der Waals surface area contributed by atoms with Gasteiger partial charge in [-0.1, -0.05) is 12.1 Å². The molecule has 0 aliphatic heterocycles. The van der Waals surface area contributed by atoms with Gasteiger partial charge < -0.3 is 9.73 Å². The molecule has 1 aromatic carbocycles. The van der Waals surface area contributed by atoms with Crippen molar-refractivity contribution in [1.29, 1.82) is 0 Å². The van der Waals surface area contributed by atoms with Crippen molar-refractivity contribution in [3.05, 3.63) is 72.3 Å². The van der Waals surface area contributed by atoms with E-state index in [1.54, 1.807) is 42.8 Å². The van der Waals surface area contributed by atoms with Crippen LogP contribution in [-0.2, 0) is 16.6 Å². The van der Waals surface area contributed by atoms with Gasteiger partial charge in [-0.25, -0.2) is 13.4 Å². The Morgan fingerprint density at radius 3 is 2.67 bits per heavy atom. The minimum atomic E-state index is -3.64. The molecule has 24 heavy (non-hydrogen) atoms. The molecule has 2 heterocycles. The number of rotatable bonds is 6. The zero-order valence-electron chi connectivity index (χ0n) is 13.1. The van der Waals surface area contributed by atoms with E-state index >= 15 is 0 Å². The molecule has 7 heteroatoms. The summed E-state index contributed by atoms with van der Waals surface area (Å²) in [5, 5.41) is 3.14. The number of nitrogens with one attached hydrogen (secondary N) is 2. The van der Waals surface area contributed by atoms with Crippen LogP contribution in [0.25, 0.3) is 0 Å². The molecule has 0 radical (unpaired) electrons. The predicted octanol–water partition coefficient (Wildman–Crippen LogP) is 3.40. The zero-order chi connectivity index (χ0) is 17.0. The van der Waals surface area contributed by atoms with Crippen LogP contribution in [-0.4, -0.2) is 13.4 Å². The Hall–Kier alpha value is -2.80. The van der Waals surface area contributed by atoms with Gasteiger partial charge in [-0.2, -0.15) is 0 Å². The maximum absolute atomic E-state index is 12.3. The third kappa shape index (κ3) is 3.94. The van der Waals surface area contributed by atoms with Crippen molar-refractivity contribution in [1.82, 2.24) is 4.98 Å². The number of aryl methyl sites for hydroxylation is 1. The topological polar surface area (TPSA) is 84.2 Å². The maximum atomic E-state index is 12.3. The van der Waals surface area contributed by atoms with Crippen molar-refractivity contribution in [2.75, 3.05) is 10.0 Å². The van der Waals surface area contributed by atoms with E-state index in [0.29, 0.717) is 6.54 Å². The first-order valence-corrected chi connectivity index (χ1v) is 8.83. The summed E-state index contributed by atoms with van der Waals surface area (Å²) in [6.07, 6.45) is 3.18. The number of nitrogens with zero attached hydrogens (tertiary/aromatic N) is 1. The second kappa shape index (κ2) is 6.76. The average molecular weight is 343 g/mol. The van der Waals surface area contributed by atoms with E-state index < -0.39 is 10.0 Å². The Bertz CT molecular complexity index is 905. The molecule has 0 saturated carbocycles. The van der Waals surface area contributed by atoms with Crippen LogP contribution in [0.15, 0.2) is 70.3 Å². The van der Waals surface area contributed by atoms with E-state index in [1.807, 2.05) is 25.1 Å². The van der Waals surface area contributed by atoms with Crippen molar-refractivity contribution in [2.24, 2.45) is 0 Å². The van der Waals surface area contributed by atoms with Gasteiger partial charge in [0.15, 0.2) is 0 Å². The number of benzene rings is 1. The van der Waals surface area contributed by atoms with Crippen molar-refractivity contribution < 1.29 is 12.8 Å². The molecule has 3 rings (SSSR count). The Morgan fingerprint density at radius 1 is 1.12 bits per heavy atom. The molecular formula is C17H17N3O3S. The summed E-state index contributed by atoms with van der Waals surface area (Å²) in [5.74, 6) is 1.07. The summed E-state index contributed by atoms with van der Waals surface area (Å²) in [4.78, 5) is 4.34. The molecule has 3 aromatic rings. The molecule has 0 spiro atoms. The van der Waals surface area contributed by atoms with Crippen molar-refractivity contribution in [2.45, 2.75) is 18.4 Å². The Labute approximate surface area is 140 Å². The van der Waals surface area contributed by atoms with Crippen LogP contribution in [0.4, 0.5) is 11.5 Å². The third-order valence-electron chi connectivity index (χ3n) is 3.35. The molecular weight excluding hydrogens is 326 g/mol. The summed E-state index contributed by atoms with van der Waals surface area (Å²) in [7, 11) is -3.64. The number of furan rings is 1. The Kier molecular flexibility index (Phi) is 4.52. The van der Waals surface area contributed by atoms with Gasteiger partial charge in [0, 0.05) is 0 Å².